The number of hydrogen-bond donors (Lipinski definition) is 1. The smallest absolute Gasteiger partial charge is 0.256 e. The molecule has 1 aromatic carbocycles. The maximum absolute atomic E-state index is 12.1. The van der Waals surface area contributed by atoms with E-state index in [0.29, 0.717) is 24.4 Å². The number of hydrogen-bond acceptors (Lipinski definition) is 4. The van der Waals surface area contributed by atoms with Crippen molar-refractivity contribution in [3.8, 4) is 5.75 Å². The highest BCUT2D eigenvalue weighted by molar-refractivity contribution is 5.82. The van der Waals surface area contributed by atoms with Crippen LogP contribution in [-0.2, 0) is 4.79 Å². The number of ether oxygens (including phenoxy) is 1. The molecule has 1 aromatic heterocycles. The molecule has 0 radical (unpaired) electrons. The molecule has 5 heteroatoms. The van der Waals surface area contributed by atoms with Gasteiger partial charge in [0.05, 0.1) is 19.3 Å². The van der Waals surface area contributed by atoms with Gasteiger partial charge in [0.1, 0.15) is 11.9 Å². The number of amides is 1. The number of pyridine rings is 1. The molecule has 2 heterocycles. The van der Waals surface area contributed by atoms with Crippen LogP contribution in [0.5, 0.6) is 5.75 Å². The molecule has 0 aliphatic carbocycles. The van der Waals surface area contributed by atoms with Gasteiger partial charge in [-0.15, -0.1) is 0 Å². The Morgan fingerprint density at radius 1 is 1.24 bits per heavy atom. The highest BCUT2D eigenvalue weighted by Crippen LogP contribution is 2.22. The molecule has 3 rings (SSSR count). The van der Waals surface area contributed by atoms with Gasteiger partial charge in [-0.2, -0.15) is 0 Å². The lowest BCUT2D eigenvalue weighted by molar-refractivity contribution is -0.149. The molecule has 2 aromatic rings. The van der Waals surface area contributed by atoms with E-state index in [4.69, 9.17) is 4.74 Å². The Labute approximate surface area is 122 Å². The standard InChI is InChI=1S/C16H16N2O3/c19-15(12-5-2-1-3-6-12)16(20)18-10-14(11-18)21-13-7-4-8-17-9-13/h1-9,14-15,19H,10-11H2. The van der Waals surface area contributed by atoms with Gasteiger partial charge < -0.3 is 14.7 Å². The van der Waals surface area contributed by atoms with Crippen LogP contribution in [0.1, 0.15) is 11.7 Å². The van der Waals surface area contributed by atoms with E-state index in [1.807, 2.05) is 12.1 Å². The first kappa shape index (κ1) is 13.6. The van der Waals surface area contributed by atoms with E-state index in [0.717, 1.165) is 0 Å². The second-order valence-electron chi connectivity index (χ2n) is 4.99. The summed E-state index contributed by atoms with van der Waals surface area (Å²) in [5.74, 6) is 0.408. The summed E-state index contributed by atoms with van der Waals surface area (Å²) in [5.41, 5.74) is 0.610. The summed E-state index contributed by atoms with van der Waals surface area (Å²) in [7, 11) is 0. The number of carbonyl (C=O) groups is 1. The quantitative estimate of drug-likeness (QED) is 0.922. The van der Waals surface area contributed by atoms with Crippen molar-refractivity contribution >= 4 is 5.91 Å². The highest BCUT2D eigenvalue weighted by Gasteiger charge is 2.35. The van der Waals surface area contributed by atoms with Crippen molar-refractivity contribution in [3.63, 3.8) is 0 Å². The van der Waals surface area contributed by atoms with Gasteiger partial charge in [0.25, 0.3) is 5.91 Å². The first-order valence-electron chi connectivity index (χ1n) is 6.82. The molecule has 1 aliphatic heterocycles. The average molecular weight is 284 g/mol. The Kier molecular flexibility index (Phi) is 3.83. The Bertz CT molecular complexity index is 597. The van der Waals surface area contributed by atoms with Crippen molar-refractivity contribution in [1.29, 1.82) is 0 Å². The zero-order chi connectivity index (χ0) is 14.7. The minimum atomic E-state index is -1.11. The van der Waals surface area contributed by atoms with E-state index in [-0.39, 0.29) is 12.0 Å². The summed E-state index contributed by atoms with van der Waals surface area (Å²) < 4.78 is 5.68. The third kappa shape index (κ3) is 3.03. The number of aliphatic hydroxyl groups is 1. The van der Waals surface area contributed by atoms with Crippen LogP contribution >= 0.6 is 0 Å². The normalized spacial score (nSPS) is 16.1. The fourth-order valence-corrected chi connectivity index (χ4v) is 2.25. The van der Waals surface area contributed by atoms with E-state index in [1.54, 1.807) is 47.6 Å². The second-order valence-corrected chi connectivity index (χ2v) is 4.99. The van der Waals surface area contributed by atoms with E-state index >= 15 is 0 Å². The van der Waals surface area contributed by atoms with Crippen LogP contribution in [0.4, 0.5) is 0 Å². The number of benzene rings is 1. The molecule has 1 N–H and O–H groups in total. The van der Waals surface area contributed by atoms with Crippen LogP contribution in [0.2, 0.25) is 0 Å². The van der Waals surface area contributed by atoms with Crippen LogP contribution in [-0.4, -0.2) is 40.1 Å². The van der Waals surface area contributed by atoms with Crippen molar-refractivity contribution in [2.45, 2.75) is 12.2 Å². The van der Waals surface area contributed by atoms with Gasteiger partial charge in [0.15, 0.2) is 6.10 Å². The number of nitrogens with zero attached hydrogens (tertiary/aromatic N) is 2. The SMILES string of the molecule is O=C(C(O)c1ccccc1)N1CC(Oc2cccnc2)C1. The fraction of sp³-hybridized carbons (Fsp3) is 0.250. The lowest BCUT2D eigenvalue weighted by Crippen LogP contribution is -2.57. The molecule has 0 saturated carbocycles. The average Bonchev–Trinajstić information content (AvgIpc) is 2.51. The van der Waals surface area contributed by atoms with Crippen LogP contribution in [0.25, 0.3) is 0 Å². The number of rotatable bonds is 4. The predicted molar refractivity (Wildman–Crippen MR) is 76.6 cm³/mol. The summed E-state index contributed by atoms with van der Waals surface area (Å²) in [5, 5.41) is 10.1. The maximum atomic E-state index is 12.1. The van der Waals surface area contributed by atoms with Gasteiger partial charge >= 0.3 is 0 Å². The van der Waals surface area contributed by atoms with Crippen LogP contribution in [0.15, 0.2) is 54.9 Å². The van der Waals surface area contributed by atoms with Crippen molar-refractivity contribution in [2.24, 2.45) is 0 Å². The summed E-state index contributed by atoms with van der Waals surface area (Å²) in [6.07, 6.45) is 2.18. The maximum Gasteiger partial charge on any atom is 0.256 e. The number of carbonyl (C=O) groups excluding carboxylic acids is 1. The molecule has 0 spiro atoms. The van der Waals surface area contributed by atoms with E-state index in [2.05, 4.69) is 4.98 Å². The predicted octanol–water partition coefficient (Wildman–Crippen LogP) is 1.40. The summed E-state index contributed by atoms with van der Waals surface area (Å²) in [4.78, 5) is 17.7. The minimum Gasteiger partial charge on any atom is -0.485 e. The molecule has 5 nitrogen and oxygen atoms in total. The molecule has 1 unspecified atom stereocenters. The van der Waals surface area contributed by atoms with E-state index in [9.17, 15) is 9.90 Å². The summed E-state index contributed by atoms with van der Waals surface area (Å²) >= 11 is 0. The van der Waals surface area contributed by atoms with Crippen LogP contribution in [0.3, 0.4) is 0 Å². The molecule has 1 saturated heterocycles. The van der Waals surface area contributed by atoms with Crippen LogP contribution < -0.4 is 4.74 Å². The Hall–Kier alpha value is -2.40. The monoisotopic (exact) mass is 284 g/mol. The van der Waals surface area contributed by atoms with Crippen LogP contribution in [0, 0.1) is 0 Å². The lowest BCUT2D eigenvalue weighted by Gasteiger charge is -2.39. The molecule has 21 heavy (non-hydrogen) atoms. The van der Waals surface area contributed by atoms with Gasteiger partial charge in [0.2, 0.25) is 0 Å². The van der Waals surface area contributed by atoms with Crippen molar-refractivity contribution in [2.75, 3.05) is 13.1 Å². The first-order valence-corrected chi connectivity index (χ1v) is 6.82. The Balaban J connectivity index is 1.53. The number of likely N-dealkylation sites (tertiary alicyclic amines) is 1. The van der Waals surface area contributed by atoms with Crippen molar-refractivity contribution in [3.05, 3.63) is 60.4 Å². The number of aromatic nitrogens is 1. The van der Waals surface area contributed by atoms with Gasteiger partial charge in [-0.3, -0.25) is 9.78 Å². The van der Waals surface area contributed by atoms with Gasteiger partial charge in [-0.1, -0.05) is 30.3 Å². The van der Waals surface area contributed by atoms with Crippen molar-refractivity contribution < 1.29 is 14.6 Å². The Morgan fingerprint density at radius 2 is 2.00 bits per heavy atom. The first-order chi connectivity index (χ1) is 10.2. The molecule has 0 bridgehead atoms. The topological polar surface area (TPSA) is 62.7 Å². The molecule has 108 valence electrons. The Morgan fingerprint density at radius 3 is 2.67 bits per heavy atom. The zero-order valence-electron chi connectivity index (χ0n) is 11.4. The molecular formula is C16H16N2O3. The fourth-order valence-electron chi connectivity index (χ4n) is 2.25. The van der Waals surface area contributed by atoms with E-state index in [1.165, 1.54) is 0 Å². The zero-order valence-corrected chi connectivity index (χ0v) is 11.4. The molecule has 1 aliphatic rings. The van der Waals surface area contributed by atoms with Gasteiger partial charge in [-0.25, -0.2) is 0 Å². The third-order valence-electron chi connectivity index (χ3n) is 3.45. The molecule has 1 amide bonds. The van der Waals surface area contributed by atoms with Gasteiger partial charge in [-0.05, 0) is 17.7 Å². The highest BCUT2D eigenvalue weighted by atomic mass is 16.5. The van der Waals surface area contributed by atoms with Crippen molar-refractivity contribution in [1.82, 2.24) is 9.88 Å². The minimum absolute atomic E-state index is 0.0406. The third-order valence-corrected chi connectivity index (χ3v) is 3.45. The number of aliphatic hydroxyl groups excluding tert-OH is 1. The summed E-state index contributed by atoms with van der Waals surface area (Å²) in [6, 6.07) is 12.6. The summed E-state index contributed by atoms with van der Waals surface area (Å²) in [6.45, 7) is 0.968. The molecular weight excluding hydrogens is 268 g/mol. The largest absolute Gasteiger partial charge is 0.485 e. The lowest BCUT2D eigenvalue weighted by atomic mass is 10.1. The second kappa shape index (κ2) is 5.93. The van der Waals surface area contributed by atoms with E-state index < -0.39 is 6.10 Å². The molecule has 1 atom stereocenters. The molecule has 1 fully saturated rings. The van der Waals surface area contributed by atoms with Gasteiger partial charge in [0, 0.05) is 6.20 Å².